The average molecular weight is 540 g/mol. The van der Waals surface area contributed by atoms with Crippen LogP contribution in [0.3, 0.4) is 0 Å². The number of amides is 1. The maximum Gasteiger partial charge on any atom is 0.416 e. The number of nitrogens with one attached hydrogen (secondary N) is 1. The van der Waals surface area contributed by atoms with Gasteiger partial charge < -0.3 is 15.2 Å². The minimum absolute atomic E-state index is 0.0709. The minimum atomic E-state index is -4.44. The molecule has 0 heterocycles. The Bertz CT molecular complexity index is 1350. The smallest absolute Gasteiger partial charge is 0.416 e. The third-order valence-corrected chi connectivity index (χ3v) is 7.21. The Morgan fingerprint density at radius 2 is 1.79 bits per heavy atom. The molecular formula is C31H32F3NO4. The molecule has 0 aliphatic heterocycles. The standard InChI is InChI=1S/C31H32F3NO4/c1-19-15-20(2)17-22(16-19)9-14-27(30(37)38)35-29(36)26-13-10-23-5-3-4-6-25(23)28(26)39-18-21-7-11-24(12-8-21)31(32,33)34/h3-8,10-13,20,22,27H,1,9,14-18H2,2H3,(H,35,36)(H,37,38)/t20?,22?,27-/m0/s1. The van der Waals surface area contributed by atoms with E-state index in [4.69, 9.17) is 4.74 Å². The number of carboxylic acid groups (broad SMARTS) is 1. The molecule has 1 fully saturated rings. The Balaban J connectivity index is 1.52. The van der Waals surface area contributed by atoms with Gasteiger partial charge in [-0.2, -0.15) is 13.2 Å². The van der Waals surface area contributed by atoms with Crippen LogP contribution in [0, 0.1) is 11.8 Å². The SMILES string of the molecule is C=C1CC(C)CC(CC[C@H](NC(=O)c2ccc3ccccc3c2OCc2ccc(C(F)(F)F)cc2)C(=O)O)C1. The number of rotatable bonds is 9. The lowest BCUT2D eigenvalue weighted by Gasteiger charge is -2.29. The molecule has 2 unspecified atom stereocenters. The van der Waals surface area contributed by atoms with Crippen LogP contribution in [0.1, 0.15) is 60.5 Å². The van der Waals surface area contributed by atoms with E-state index < -0.39 is 29.7 Å². The highest BCUT2D eigenvalue weighted by molar-refractivity contribution is 6.04. The van der Waals surface area contributed by atoms with Gasteiger partial charge in [-0.05, 0) is 73.1 Å². The van der Waals surface area contributed by atoms with Crippen molar-refractivity contribution in [3.8, 4) is 5.75 Å². The van der Waals surface area contributed by atoms with Gasteiger partial charge >= 0.3 is 12.1 Å². The summed E-state index contributed by atoms with van der Waals surface area (Å²) in [7, 11) is 0. The Hall–Kier alpha value is -3.81. The molecule has 0 saturated heterocycles. The van der Waals surface area contributed by atoms with Crippen molar-refractivity contribution in [2.24, 2.45) is 11.8 Å². The Morgan fingerprint density at radius 1 is 1.08 bits per heavy atom. The topological polar surface area (TPSA) is 75.6 Å². The van der Waals surface area contributed by atoms with E-state index in [0.29, 0.717) is 35.6 Å². The molecule has 3 aromatic carbocycles. The highest BCUT2D eigenvalue weighted by atomic mass is 19.4. The van der Waals surface area contributed by atoms with Crippen molar-refractivity contribution in [2.45, 2.75) is 57.9 Å². The van der Waals surface area contributed by atoms with E-state index in [9.17, 15) is 27.9 Å². The second-order valence-electron chi connectivity index (χ2n) is 10.5. The number of carboxylic acids is 1. The lowest BCUT2D eigenvalue weighted by Crippen LogP contribution is -2.41. The third kappa shape index (κ3) is 7.19. The van der Waals surface area contributed by atoms with Gasteiger partial charge in [-0.1, -0.05) is 61.5 Å². The fourth-order valence-corrected chi connectivity index (χ4v) is 5.36. The quantitative estimate of drug-likeness (QED) is 0.278. The first-order chi connectivity index (χ1) is 18.5. The lowest BCUT2D eigenvalue weighted by atomic mass is 9.77. The van der Waals surface area contributed by atoms with E-state index in [0.717, 1.165) is 36.8 Å². The van der Waals surface area contributed by atoms with Crippen molar-refractivity contribution in [1.29, 1.82) is 0 Å². The van der Waals surface area contributed by atoms with Crippen LogP contribution in [0.4, 0.5) is 13.2 Å². The normalized spacial score (nSPS) is 18.5. The number of benzene rings is 3. The fraction of sp³-hybridized carbons (Fsp3) is 0.355. The summed E-state index contributed by atoms with van der Waals surface area (Å²) in [4.78, 5) is 25.4. The highest BCUT2D eigenvalue weighted by Gasteiger charge is 2.30. The number of fused-ring (bicyclic) bond motifs is 1. The lowest BCUT2D eigenvalue weighted by molar-refractivity contribution is -0.139. The van der Waals surface area contributed by atoms with Crippen LogP contribution in [-0.2, 0) is 17.6 Å². The zero-order valence-corrected chi connectivity index (χ0v) is 21.8. The molecule has 1 aliphatic rings. The van der Waals surface area contributed by atoms with Crippen LogP contribution in [-0.4, -0.2) is 23.0 Å². The number of hydrogen-bond donors (Lipinski definition) is 2. The van der Waals surface area contributed by atoms with Crippen molar-refractivity contribution < 1.29 is 32.6 Å². The predicted octanol–water partition coefficient (Wildman–Crippen LogP) is 7.39. The summed E-state index contributed by atoms with van der Waals surface area (Å²) in [6.07, 6.45) is -0.614. The van der Waals surface area contributed by atoms with Crippen LogP contribution in [0.25, 0.3) is 10.8 Å². The Morgan fingerprint density at radius 3 is 2.46 bits per heavy atom. The fourth-order valence-electron chi connectivity index (χ4n) is 5.36. The van der Waals surface area contributed by atoms with E-state index in [1.807, 2.05) is 12.1 Å². The number of hydrogen-bond acceptors (Lipinski definition) is 3. The molecule has 0 aromatic heterocycles. The number of carbonyl (C=O) groups is 2. The van der Waals surface area contributed by atoms with Crippen molar-refractivity contribution in [1.82, 2.24) is 5.32 Å². The molecule has 0 spiro atoms. The number of allylic oxidation sites excluding steroid dienone is 1. The molecular weight excluding hydrogens is 507 g/mol. The second kappa shape index (κ2) is 11.9. The first-order valence-corrected chi connectivity index (χ1v) is 13.0. The monoisotopic (exact) mass is 539 g/mol. The molecule has 4 rings (SSSR count). The molecule has 0 radical (unpaired) electrons. The van der Waals surface area contributed by atoms with Gasteiger partial charge in [-0.15, -0.1) is 0 Å². The van der Waals surface area contributed by atoms with Gasteiger partial charge in [0.2, 0.25) is 0 Å². The van der Waals surface area contributed by atoms with Gasteiger partial charge in [0.05, 0.1) is 11.1 Å². The van der Waals surface area contributed by atoms with Crippen LogP contribution in [0.2, 0.25) is 0 Å². The summed E-state index contributed by atoms with van der Waals surface area (Å²) in [5.74, 6) is -0.609. The number of carbonyl (C=O) groups excluding carboxylic acids is 1. The molecule has 2 N–H and O–H groups in total. The molecule has 39 heavy (non-hydrogen) atoms. The van der Waals surface area contributed by atoms with Crippen LogP contribution < -0.4 is 10.1 Å². The zero-order valence-electron chi connectivity index (χ0n) is 21.8. The maximum atomic E-state index is 13.4. The molecule has 1 saturated carbocycles. The number of ether oxygens (including phenoxy) is 1. The third-order valence-electron chi connectivity index (χ3n) is 7.21. The van der Waals surface area contributed by atoms with Gasteiger partial charge in [-0.3, -0.25) is 4.79 Å². The first-order valence-electron chi connectivity index (χ1n) is 13.0. The first kappa shape index (κ1) is 28.2. The summed E-state index contributed by atoms with van der Waals surface area (Å²) in [5.41, 5.74) is 1.07. The molecule has 0 bridgehead atoms. The summed E-state index contributed by atoms with van der Waals surface area (Å²) in [6, 6.07) is 14.1. The van der Waals surface area contributed by atoms with Gasteiger partial charge in [0, 0.05) is 5.39 Å². The second-order valence-corrected chi connectivity index (χ2v) is 10.5. The Kier molecular flexibility index (Phi) is 8.63. The maximum absolute atomic E-state index is 13.4. The summed E-state index contributed by atoms with van der Waals surface area (Å²) in [6.45, 7) is 6.20. The summed E-state index contributed by atoms with van der Waals surface area (Å²) in [5, 5.41) is 13.9. The van der Waals surface area contributed by atoms with Gasteiger partial charge in [0.15, 0.2) is 0 Å². The van der Waals surface area contributed by atoms with E-state index >= 15 is 0 Å². The average Bonchev–Trinajstić information content (AvgIpc) is 2.88. The molecule has 3 atom stereocenters. The van der Waals surface area contributed by atoms with Gasteiger partial charge in [-0.25, -0.2) is 4.79 Å². The Labute approximate surface area is 225 Å². The van der Waals surface area contributed by atoms with Crippen molar-refractivity contribution in [3.63, 3.8) is 0 Å². The minimum Gasteiger partial charge on any atom is -0.487 e. The van der Waals surface area contributed by atoms with Crippen molar-refractivity contribution in [2.75, 3.05) is 0 Å². The predicted molar refractivity (Wildman–Crippen MR) is 143 cm³/mol. The van der Waals surface area contributed by atoms with Gasteiger partial charge in [0.1, 0.15) is 18.4 Å². The van der Waals surface area contributed by atoms with Crippen LogP contribution in [0.15, 0.2) is 72.8 Å². The van der Waals surface area contributed by atoms with E-state index in [1.54, 1.807) is 24.3 Å². The molecule has 3 aromatic rings. The largest absolute Gasteiger partial charge is 0.487 e. The molecule has 8 heteroatoms. The van der Waals surface area contributed by atoms with E-state index in [2.05, 4.69) is 18.8 Å². The van der Waals surface area contributed by atoms with Gasteiger partial charge in [0.25, 0.3) is 5.91 Å². The van der Waals surface area contributed by atoms with E-state index in [-0.39, 0.29) is 17.9 Å². The molecule has 1 aliphatic carbocycles. The number of alkyl halides is 3. The van der Waals surface area contributed by atoms with Crippen molar-refractivity contribution in [3.05, 3.63) is 89.5 Å². The van der Waals surface area contributed by atoms with Crippen molar-refractivity contribution >= 4 is 22.6 Å². The molecule has 5 nitrogen and oxygen atoms in total. The summed E-state index contributed by atoms with van der Waals surface area (Å²) < 4.78 is 44.8. The number of aliphatic carboxylic acids is 1. The van der Waals surface area contributed by atoms with Crippen LogP contribution >= 0.6 is 0 Å². The summed E-state index contributed by atoms with van der Waals surface area (Å²) >= 11 is 0. The van der Waals surface area contributed by atoms with E-state index in [1.165, 1.54) is 17.7 Å². The highest BCUT2D eigenvalue weighted by Crippen LogP contribution is 2.35. The van der Waals surface area contributed by atoms with Crippen LogP contribution in [0.5, 0.6) is 5.75 Å². The molecule has 1 amide bonds. The number of halogens is 3. The zero-order chi connectivity index (χ0) is 28.2. The molecule has 206 valence electrons.